The molecule has 1 heterocycles. The number of hydrogen-bond donors (Lipinski definition) is 3. The highest BCUT2D eigenvalue weighted by molar-refractivity contribution is 14.0. The smallest absolute Gasteiger partial charge is 0.191 e. The topological polar surface area (TPSA) is 69.8 Å². The maximum Gasteiger partial charge on any atom is 0.191 e. The zero-order valence-corrected chi connectivity index (χ0v) is 16.8. The number of nitrogens with one attached hydrogen (secondary N) is 2. The second-order valence-corrected chi connectivity index (χ2v) is 5.60. The van der Waals surface area contributed by atoms with Crippen LogP contribution in [-0.4, -0.2) is 24.2 Å². The number of aliphatic imine (C=N–C) groups is 1. The number of aliphatic hydroxyl groups is 1. The lowest BCUT2D eigenvalue weighted by Gasteiger charge is -2.18. The van der Waals surface area contributed by atoms with Crippen molar-refractivity contribution >= 4 is 41.5 Å². The van der Waals surface area contributed by atoms with Crippen molar-refractivity contribution in [1.29, 1.82) is 0 Å². The van der Waals surface area contributed by atoms with E-state index in [2.05, 4.69) is 15.6 Å². The number of furan rings is 1. The van der Waals surface area contributed by atoms with E-state index in [0.29, 0.717) is 16.7 Å². The first-order valence-electron chi connectivity index (χ1n) is 7.62. The first-order valence-corrected chi connectivity index (χ1v) is 7.99. The molecule has 0 aliphatic rings. The Morgan fingerprint density at radius 3 is 2.58 bits per heavy atom. The van der Waals surface area contributed by atoms with Gasteiger partial charge in [-0.3, -0.25) is 4.99 Å². The summed E-state index contributed by atoms with van der Waals surface area (Å²) < 4.78 is 5.18. The number of hydrogen-bond acceptors (Lipinski definition) is 3. The number of rotatable bonds is 6. The van der Waals surface area contributed by atoms with E-state index in [4.69, 9.17) is 16.0 Å². The van der Waals surface area contributed by atoms with Crippen molar-refractivity contribution in [3.8, 4) is 0 Å². The Hall–Kier alpha value is -1.25. The lowest BCUT2D eigenvalue weighted by Crippen LogP contribution is -2.39. The first-order chi connectivity index (χ1) is 11.1. The molecular weight excluding hydrogens is 441 g/mol. The predicted octanol–water partition coefficient (Wildman–Crippen LogP) is 3.90. The van der Waals surface area contributed by atoms with Gasteiger partial charge in [0.15, 0.2) is 5.96 Å². The zero-order chi connectivity index (χ0) is 16.7. The maximum atomic E-state index is 10.0. The molecule has 0 radical (unpaired) electrons. The fraction of sp³-hybridized carbons (Fsp3) is 0.353. The monoisotopic (exact) mass is 463 g/mol. The lowest BCUT2D eigenvalue weighted by atomic mass is 10.1. The molecule has 132 valence electrons. The van der Waals surface area contributed by atoms with Crippen LogP contribution < -0.4 is 10.6 Å². The van der Waals surface area contributed by atoms with Gasteiger partial charge in [0.25, 0.3) is 0 Å². The summed E-state index contributed by atoms with van der Waals surface area (Å²) in [5, 5.41) is 17.2. The van der Waals surface area contributed by atoms with Crippen LogP contribution in [0.2, 0.25) is 5.02 Å². The molecule has 2 atom stereocenters. The van der Waals surface area contributed by atoms with Crippen LogP contribution >= 0.6 is 35.6 Å². The minimum atomic E-state index is -0.758. The molecule has 0 amide bonds. The summed E-state index contributed by atoms with van der Waals surface area (Å²) in [5.41, 5.74) is 1.10. The van der Waals surface area contributed by atoms with Gasteiger partial charge in [0.1, 0.15) is 11.9 Å². The van der Waals surface area contributed by atoms with Gasteiger partial charge in [-0.2, -0.15) is 0 Å². The van der Waals surface area contributed by atoms with E-state index < -0.39 is 6.10 Å². The molecule has 0 saturated heterocycles. The third-order valence-corrected chi connectivity index (χ3v) is 3.61. The van der Waals surface area contributed by atoms with Crippen LogP contribution in [0.4, 0.5) is 0 Å². The molecule has 0 aliphatic carbocycles. The Morgan fingerprint density at radius 2 is 2.00 bits per heavy atom. The maximum absolute atomic E-state index is 10.0. The highest BCUT2D eigenvalue weighted by atomic mass is 127. The van der Waals surface area contributed by atoms with E-state index in [1.807, 2.05) is 38.1 Å². The van der Waals surface area contributed by atoms with E-state index in [-0.39, 0.29) is 36.6 Å². The average Bonchev–Trinajstić information content (AvgIpc) is 3.07. The van der Waals surface area contributed by atoms with Gasteiger partial charge in [0, 0.05) is 11.6 Å². The van der Waals surface area contributed by atoms with E-state index in [9.17, 15) is 5.11 Å². The van der Waals surface area contributed by atoms with Crippen molar-refractivity contribution in [2.24, 2.45) is 4.99 Å². The molecule has 7 heteroatoms. The van der Waals surface area contributed by atoms with Crippen LogP contribution in [0.3, 0.4) is 0 Å². The summed E-state index contributed by atoms with van der Waals surface area (Å²) in [4.78, 5) is 4.41. The van der Waals surface area contributed by atoms with Gasteiger partial charge in [-0.05, 0) is 43.7 Å². The second kappa shape index (κ2) is 10.6. The van der Waals surface area contributed by atoms with E-state index in [0.717, 1.165) is 12.1 Å². The Morgan fingerprint density at radius 1 is 1.29 bits per heavy atom. The lowest BCUT2D eigenvalue weighted by molar-refractivity contribution is 0.158. The van der Waals surface area contributed by atoms with Gasteiger partial charge in [0.05, 0.1) is 18.8 Å². The van der Waals surface area contributed by atoms with Crippen LogP contribution in [0.1, 0.15) is 37.3 Å². The number of halogens is 2. The Balaban J connectivity index is 0.00000288. The third-order valence-electron chi connectivity index (χ3n) is 3.36. The van der Waals surface area contributed by atoms with Crippen molar-refractivity contribution in [1.82, 2.24) is 10.6 Å². The van der Waals surface area contributed by atoms with Crippen molar-refractivity contribution in [2.45, 2.75) is 26.0 Å². The minimum Gasteiger partial charge on any atom is -0.467 e. The molecule has 24 heavy (non-hydrogen) atoms. The SMILES string of the molecule is CCNC(=NCC(O)c1ccco1)NC(C)c1ccc(Cl)cc1.I. The Kier molecular flexibility index (Phi) is 9.17. The molecule has 0 spiro atoms. The number of nitrogens with zero attached hydrogens (tertiary/aromatic N) is 1. The summed E-state index contributed by atoms with van der Waals surface area (Å²) in [5.74, 6) is 1.15. The molecule has 2 rings (SSSR count). The van der Waals surface area contributed by atoms with Gasteiger partial charge in [0.2, 0.25) is 0 Å². The van der Waals surface area contributed by atoms with Crippen LogP contribution in [0.25, 0.3) is 0 Å². The molecule has 0 fully saturated rings. The number of benzene rings is 1. The summed E-state index contributed by atoms with van der Waals surface area (Å²) in [6.45, 7) is 4.98. The van der Waals surface area contributed by atoms with Crippen molar-refractivity contribution in [3.63, 3.8) is 0 Å². The summed E-state index contributed by atoms with van der Waals surface area (Å²) >= 11 is 5.91. The highest BCUT2D eigenvalue weighted by Gasteiger charge is 2.11. The number of aliphatic hydroxyl groups excluding tert-OH is 1. The van der Waals surface area contributed by atoms with Gasteiger partial charge in [-0.1, -0.05) is 23.7 Å². The fourth-order valence-corrected chi connectivity index (χ4v) is 2.23. The summed E-state index contributed by atoms with van der Waals surface area (Å²) in [7, 11) is 0. The fourth-order valence-electron chi connectivity index (χ4n) is 2.11. The van der Waals surface area contributed by atoms with Crippen LogP contribution in [0.15, 0.2) is 52.1 Å². The quantitative estimate of drug-likeness (QED) is 0.345. The molecule has 0 saturated carbocycles. The van der Waals surface area contributed by atoms with Crippen LogP contribution in [0.5, 0.6) is 0 Å². The Bertz CT molecular complexity index is 617. The molecule has 1 aromatic heterocycles. The van der Waals surface area contributed by atoms with E-state index >= 15 is 0 Å². The highest BCUT2D eigenvalue weighted by Crippen LogP contribution is 2.16. The Labute approximate surface area is 164 Å². The second-order valence-electron chi connectivity index (χ2n) is 5.17. The predicted molar refractivity (Wildman–Crippen MR) is 108 cm³/mol. The molecule has 0 bridgehead atoms. The average molecular weight is 464 g/mol. The molecule has 5 nitrogen and oxygen atoms in total. The van der Waals surface area contributed by atoms with E-state index in [1.165, 1.54) is 6.26 Å². The van der Waals surface area contributed by atoms with Crippen LogP contribution in [0, 0.1) is 0 Å². The third kappa shape index (κ3) is 6.33. The largest absolute Gasteiger partial charge is 0.467 e. The van der Waals surface area contributed by atoms with Gasteiger partial charge in [-0.15, -0.1) is 24.0 Å². The van der Waals surface area contributed by atoms with Crippen molar-refractivity contribution < 1.29 is 9.52 Å². The molecule has 1 aromatic carbocycles. The van der Waals surface area contributed by atoms with Crippen molar-refractivity contribution in [3.05, 3.63) is 59.0 Å². The van der Waals surface area contributed by atoms with Gasteiger partial charge in [-0.25, -0.2) is 0 Å². The molecule has 2 aromatic rings. The molecule has 3 N–H and O–H groups in total. The van der Waals surface area contributed by atoms with Crippen LogP contribution in [-0.2, 0) is 0 Å². The number of guanidine groups is 1. The molecule has 2 unspecified atom stereocenters. The molecular formula is C17H23ClIN3O2. The zero-order valence-electron chi connectivity index (χ0n) is 13.7. The standard InChI is InChI=1S/C17H22ClN3O2.HI/c1-3-19-17(20-11-15(22)16-5-4-10-23-16)21-12(2)13-6-8-14(18)9-7-13;/h4-10,12,15,22H,3,11H2,1-2H3,(H2,19,20,21);1H. The minimum absolute atomic E-state index is 0. The van der Waals surface area contributed by atoms with Gasteiger partial charge >= 0.3 is 0 Å². The molecule has 0 aliphatic heterocycles. The summed E-state index contributed by atoms with van der Waals surface area (Å²) in [6, 6.07) is 11.2. The normalized spacial score (nSPS) is 13.8. The summed E-state index contributed by atoms with van der Waals surface area (Å²) in [6.07, 6.45) is 0.778. The van der Waals surface area contributed by atoms with Gasteiger partial charge < -0.3 is 20.2 Å². The van der Waals surface area contributed by atoms with E-state index in [1.54, 1.807) is 12.1 Å². The first kappa shape index (κ1) is 20.8. The van der Waals surface area contributed by atoms with Crippen molar-refractivity contribution in [2.75, 3.05) is 13.1 Å².